The van der Waals surface area contributed by atoms with Crippen LogP contribution in [0.1, 0.15) is 56.1 Å². The molecular formula is C17H21N5O2. The summed E-state index contributed by atoms with van der Waals surface area (Å²) in [5.74, 6) is 3.48. The largest absolute Gasteiger partial charge is 0.458 e. The Morgan fingerprint density at radius 1 is 1.33 bits per heavy atom. The van der Waals surface area contributed by atoms with Crippen molar-refractivity contribution in [1.82, 2.24) is 25.2 Å². The molecule has 0 spiro atoms. The predicted octanol–water partition coefficient (Wildman–Crippen LogP) is 3.51. The lowest BCUT2D eigenvalue weighted by molar-refractivity contribution is 0.217. The predicted molar refractivity (Wildman–Crippen MR) is 87.1 cm³/mol. The first kappa shape index (κ1) is 15.1. The fraction of sp³-hybridized carbons (Fsp3) is 0.471. The Kier molecular flexibility index (Phi) is 3.93. The van der Waals surface area contributed by atoms with E-state index in [0.29, 0.717) is 5.89 Å². The van der Waals surface area contributed by atoms with Gasteiger partial charge in [0, 0.05) is 12.1 Å². The van der Waals surface area contributed by atoms with Gasteiger partial charge < -0.3 is 8.94 Å². The summed E-state index contributed by atoms with van der Waals surface area (Å²) in [6.07, 6.45) is 3.89. The third-order valence-electron chi connectivity index (χ3n) is 4.40. The summed E-state index contributed by atoms with van der Waals surface area (Å²) in [7, 11) is 0. The molecule has 3 aromatic rings. The average molecular weight is 327 g/mol. The summed E-state index contributed by atoms with van der Waals surface area (Å²) in [5.41, 5.74) is 0.888. The molecule has 0 radical (unpaired) electrons. The van der Waals surface area contributed by atoms with Gasteiger partial charge in [0.2, 0.25) is 5.89 Å². The smallest absolute Gasteiger partial charge is 0.229 e. The standard InChI is InChI=1S/C17H21N5O2/c1-11(2)17-19-16(21-24-17)14-4-3-9-22(14)10-12-5-6-15(23-12)13-7-8-18-20-13/h5-8,11,14H,3-4,9-10H2,1-2H3,(H,18,20)/t14-/m0/s1. The Bertz CT molecular complexity index is 790. The molecular weight excluding hydrogens is 306 g/mol. The molecule has 1 saturated heterocycles. The van der Waals surface area contributed by atoms with Crippen molar-refractivity contribution >= 4 is 0 Å². The monoisotopic (exact) mass is 327 g/mol. The molecule has 0 bridgehead atoms. The zero-order valence-electron chi connectivity index (χ0n) is 13.9. The number of rotatable bonds is 5. The maximum atomic E-state index is 5.94. The summed E-state index contributed by atoms with van der Waals surface area (Å²) in [4.78, 5) is 6.92. The van der Waals surface area contributed by atoms with Gasteiger partial charge in [-0.05, 0) is 37.6 Å². The van der Waals surface area contributed by atoms with E-state index in [-0.39, 0.29) is 12.0 Å². The molecule has 1 N–H and O–H groups in total. The van der Waals surface area contributed by atoms with Crippen LogP contribution in [-0.4, -0.2) is 31.8 Å². The summed E-state index contributed by atoms with van der Waals surface area (Å²) >= 11 is 0. The number of H-pyrrole nitrogens is 1. The average Bonchev–Trinajstić information content (AvgIpc) is 3.35. The Labute approximate surface area is 140 Å². The van der Waals surface area contributed by atoms with Gasteiger partial charge in [0.25, 0.3) is 0 Å². The quantitative estimate of drug-likeness (QED) is 0.772. The number of nitrogens with one attached hydrogen (secondary N) is 1. The summed E-state index contributed by atoms with van der Waals surface area (Å²) in [6.45, 7) is 5.87. The van der Waals surface area contributed by atoms with E-state index < -0.39 is 0 Å². The molecule has 126 valence electrons. The van der Waals surface area contributed by atoms with E-state index in [1.807, 2.05) is 18.2 Å². The van der Waals surface area contributed by atoms with Crippen LogP contribution in [0.15, 0.2) is 33.3 Å². The molecule has 3 aromatic heterocycles. The molecule has 7 nitrogen and oxygen atoms in total. The minimum atomic E-state index is 0.196. The van der Waals surface area contributed by atoms with E-state index in [1.54, 1.807) is 6.20 Å². The van der Waals surface area contributed by atoms with E-state index in [2.05, 4.69) is 39.1 Å². The Balaban J connectivity index is 1.49. The molecule has 1 aliphatic heterocycles. The second-order valence-electron chi connectivity index (χ2n) is 6.51. The number of nitrogens with zero attached hydrogens (tertiary/aromatic N) is 4. The van der Waals surface area contributed by atoms with Gasteiger partial charge in [0.05, 0.1) is 12.6 Å². The third-order valence-corrected chi connectivity index (χ3v) is 4.40. The minimum Gasteiger partial charge on any atom is -0.458 e. The van der Waals surface area contributed by atoms with Crippen LogP contribution in [0.3, 0.4) is 0 Å². The maximum absolute atomic E-state index is 5.94. The van der Waals surface area contributed by atoms with E-state index >= 15 is 0 Å². The molecule has 4 heterocycles. The fourth-order valence-electron chi connectivity index (χ4n) is 3.13. The molecule has 0 unspecified atom stereocenters. The highest BCUT2D eigenvalue weighted by atomic mass is 16.5. The van der Waals surface area contributed by atoms with Gasteiger partial charge in [-0.15, -0.1) is 0 Å². The van der Waals surface area contributed by atoms with E-state index in [1.165, 1.54) is 0 Å². The van der Waals surface area contributed by atoms with Crippen LogP contribution in [0, 0.1) is 0 Å². The van der Waals surface area contributed by atoms with E-state index in [4.69, 9.17) is 8.94 Å². The fourth-order valence-corrected chi connectivity index (χ4v) is 3.13. The third kappa shape index (κ3) is 2.87. The molecule has 0 saturated carbocycles. The lowest BCUT2D eigenvalue weighted by Crippen LogP contribution is -2.23. The van der Waals surface area contributed by atoms with Gasteiger partial charge >= 0.3 is 0 Å². The van der Waals surface area contributed by atoms with Crippen LogP contribution in [0.25, 0.3) is 11.5 Å². The Morgan fingerprint density at radius 2 is 2.25 bits per heavy atom. The van der Waals surface area contributed by atoms with Crippen LogP contribution in [0.2, 0.25) is 0 Å². The zero-order valence-corrected chi connectivity index (χ0v) is 13.9. The molecule has 1 aliphatic rings. The van der Waals surface area contributed by atoms with Crippen molar-refractivity contribution in [2.24, 2.45) is 0 Å². The van der Waals surface area contributed by atoms with Gasteiger partial charge in [-0.25, -0.2) is 0 Å². The number of aromatic amines is 1. The van der Waals surface area contributed by atoms with Gasteiger partial charge in [-0.2, -0.15) is 10.1 Å². The van der Waals surface area contributed by atoms with Gasteiger partial charge in [0.15, 0.2) is 11.6 Å². The lowest BCUT2D eigenvalue weighted by atomic mass is 10.2. The second kappa shape index (κ2) is 6.24. The van der Waals surface area contributed by atoms with Gasteiger partial charge in [-0.1, -0.05) is 19.0 Å². The van der Waals surface area contributed by atoms with E-state index in [0.717, 1.165) is 49.0 Å². The number of hydrogen-bond acceptors (Lipinski definition) is 6. The lowest BCUT2D eigenvalue weighted by Gasteiger charge is -2.20. The van der Waals surface area contributed by atoms with Crippen molar-refractivity contribution in [3.63, 3.8) is 0 Å². The van der Waals surface area contributed by atoms with Gasteiger partial charge in [0.1, 0.15) is 11.5 Å². The van der Waals surface area contributed by atoms with Crippen LogP contribution in [0.5, 0.6) is 0 Å². The molecule has 0 aliphatic carbocycles. The molecule has 0 amide bonds. The molecule has 7 heteroatoms. The minimum absolute atomic E-state index is 0.196. The highest BCUT2D eigenvalue weighted by molar-refractivity contribution is 5.51. The van der Waals surface area contributed by atoms with Crippen LogP contribution in [-0.2, 0) is 6.54 Å². The topological polar surface area (TPSA) is 84.0 Å². The van der Waals surface area contributed by atoms with Crippen LogP contribution in [0.4, 0.5) is 0 Å². The number of furan rings is 1. The van der Waals surface area contributed by atoms with Crippen LogP contribution < -0.4 is 0 Å². The summed E-state index contributed by atoms with van der Waals surface area (Å²) in [5, 5.41) is 11.1. The normalized spacial score (nSPS) is 18.7. The first-order valence-electron chi connectivity index (χ1n) is 8.36. The summed E-state index contributed by atoms with van der Waals surface area (Å²) < 4.78 is 11.3. The SMILES string of the molecule is CC(C)c1nc([C@@H]2CCCN2Cc2ccc(-c3ccn[nH]3)o2)no1. The first-order valence-corrected chi connectivity index (χ1v) is 8.36. The number of aromatic nitrogens is 4. The van der Waals surface area contributed by atoms with Crippen molar-refractivity contribution in [1.29, 1.82) is 0 Å². The van der Waals surface area contributed by atoms with Crippen molar-refractivity contribution in [2.45, 2.75) is 45.2 Å². The summed E-state index contributed by atoms with van der Waals surface area (Å²) in [6, 6.07) is 6.08. The first-order chi connectivity index (χ1) is 11.7. The second-order valence-corrected chi connectivity index (χ2v) is 6.51. The molecule has 1 atom stereocenters. The number of likely N-dealkylation sites (tertiary alicyclic amines) is 1. The molecule has 24 heavy (non-hydrogen) atoms. The van der Waals surface area contributed by atoms with Crippen LogP contribution >= 0.6 is 0 Å². The maximum Gasteiger partial charge on any atom is 0.229 e. The molecule has 1 fully saturated rings. The van der Waals surface area contributed by atoms with Crippen molar-refractivity contribution < 1.29 is 8.94 Å². The van der Waals surface area contributed by atoms with Crippen molar-refractivity contribution in [2.75, 3.05) is 6.54 Å². The number of hydrogen-bond donors (Lipinski definition) is 1. The highest BCUT2D eigenvalue weighted by Gasteiger charge is 2.31. The zero-order chi connectivity index (χ0) is 16.5. The molecule has 0 aromatic carbocycles. The van der Waals surface area contributed by atoms with Gasteiger partial charge in [-0.3, -0.25) is 10.00 Å². The highest BCUT2D eigenvalue weighted by Crippen LogP contribution is 2.33. The molecule has 4 rings (SSSR count). The van der Waals surface area contributed by atoms with Crippen molar-refractivity contribution in [3.8, 4) is 11.5 Å². The Hall–Kier alpha value is -2.41. The Morgan fingerprint density at radius 3 is 3.00 bits per heavy atom. The van der Waals surface area contributed by atoms with Crippen molar-refractivity contribution in [3.05, 3.63) is 41.9 Å². The van der Waals surface area contributed by atoms with E-state index in [9.17, 15) is 0 Å².